The Bertz CT molecular complexity index is 1250. The quantitative estimate of drug-likeness (QED) is 0.555. The van der Waals surface area contributed by atoms with Crippen molar-refractivity contribution in [2.75, 3.05) is 25.1 Å². The van der Waals surface area contributed by atoms with Gasteiger partial charge in [0.2, 0.25) is 0 Å². The van der Waals surface area contributed by atoms with E-state index in [-0.39, 0.29) is 36.5 Å². The van der Waals surface area contributed by atoms with Crippen LogP contribution in [-0.4, -0.2) is 64.9 Å². The van der Waals surface area contributed by atoms with E-state index in [2.05, 4.69) is 22.4 Å². The molecule has 0 spiro atoms. The standard InChI is InChI=1S/C25H23N3O6S/c1-14-21(23(30)31)28(10-11-33-14)22(29)20-13-35-24(26-20)27-25(32)34-12-19-17-8-4-2-6-15(17)16-7-3-5-9-18(16)19/h2-9,13-14,19,21H,10-12H2,1H3,(H,30,31)(H,26,27,32). The van der Waals surface area contributed by atoms with E-state index in [9.17, 15) is 19.5 Å². The van der Waals surface area contributed by atoms with Crippen LogP contribution in [0.15, 0.2) is 53.9 Å². The summed E-state index contributed by atoms with van der Waals surface area (Å²) in [6, 6.07) is 15.0. The fourth-order valence-electron chi connectivity index (χ4n) is 4.68. The molecular weight excluding hydrogens is 470 g/mol. The maximum atomic E-state index is 12.9. The second-order valence-electron chi connectivity index (χ2n) is 8.35. The molecule has 10 heteroatoms. The van der Waals surface area contributed by atoms with Gasteiger partial charge in [-0.05, 0) is 29.2 Å². The number of hydrogen-bond donors (Lipinski definition) is 2. The van der Waals surface area contributed by atoms with Crippen molar-refractivity contribution in [3.05, 3.63) is 70.7 Å². The van der Waals surface area contributed by atoms with Crippen LogP contribution in [0.5, 0.6) is 0 Å². The van der Waals surface area contributed by atoms with Gasteiger partial charge in [0.15, 0.2) is 11.2 Å². The molecule has 0 radical (unpaired) electrons. The van der Waals surface area contributed by atoms with Crippen LogP contribution in [-0.2, 0) is 14.3 Å². The molecule has 1 saturated heterocycles. The summed E-state index contributed by atoms with van der Waals surface area (Å²) in [5.41, 5.74) is 4.55. The van der Waals surface area contributed by atoms with Gasteiger partial charge in [0.1, 0.15) is 12.3 Å². The SMILES string of the molecule is CC1OCCN(C(=O)c2csc(NC(=O)OCC3c4ccccc4-c4ccccc43)n2)C1C(=O)O. The first-order valence-corrected chi connectivity index (χ1v) is 12.0. The maximum Gasteiger partial charge on any atom is 0.413 e. The third-order valence-corrected chi connectivity index (χ3v) is 7.04. The lowest BCUT2D eigenvalue weighted by molar-refractivity contribution is -0.152. The molecule has 0 saturated carbocycles. The Morgan fingerprint density at radius 2 is 1.80 bits per heavy atom. The Kier molecular flexibility index (Phi) is 6.23. The summed E-state index contributed by atoms with van der Waals surface area (Å²) in [5, 5.41) is 13.8. The zero-order chi connectivity index (χ0) is 24.5. The first-order chi connectivity index (χ1) is 16.9. The average Bonchev–Trinajstić information content (AvgIpc) is 3.44. The van der Waals surface area contributed by atoms with Gasteiger partial charge in [0.25, 0.3) is 5.91 Å². The summed E-state index contributed by atoms with van der Waals surface area (Å²) in [6.45, 7) is 2.16. The van der Waals surface area contributed by atoms with Crippen LogP contribution in [0.4, 0.5) is 9.93 Å². The van der Waals surface area contributed by atoms with E-state index in [1.54, 1.807) is 6.92 Å². The molecule has 2 N–H and O–H groups in total. The van der Waals surface area contributed by atoms with E-state index < -0.39 is 30.1 Å². The number of ether oxygens (including phenoxy) is 2. The number of benzene rings is 2. The molecule has 2 heterocycles. The van der Waals surface area contributed by atoms with Gasteiger partial charge in [-0.15, -0.1) is 11.3 Å². The number of carbonyl (C=O) groups excluding carboxylic acids is 2. The Labute approximate surface area is 205 Å². The van der Waals surface area contributed by atoms with Crippen LogP contribution in [0.1, 0.15) is 34.5 Å². The average molecular weight is 494 g/mol. The van der Waals surface area contributed by atoms with Gasteiger partial charge < -0.3 is 19.5 Å². The van der Waals surface area contributed by atoms with Crippen LogP contribution in [0.2, 0.25) is 0 Å². The molecule has 1 aliphatic heterocycles. The number of amides is 2. The number of carbonyl (C=O) groups is 3. The molecule has 9 nitrogen and oxygen atoms in total. The van der Waals surface area contributed by atoms with Crippen LogP contribution in [0.25, 0.3) is 11.1 Å². The van der Waals surface area contributed by atoms with Gasteiger partial charge in [-0.2, -0.15) is 0 Å². The number of nitrogens with one attached hydrogen (secondary N) is 1. The molecule has 2 unspecified atom stereocenters. The van der Waals surface area contributed by atoms with Gasteiger partial charge in [-0.3, -0.25) is 10.1 Å². The van der Waals surface area contributed by atoms with Gasteiger partial charge in [-0.25, -0.2) is 14.6 Å². The molecule has 5 rings (SSSR count). The van der Waals surface area contributed by atoms with Crippen LogP contribution < -0.4 is 5.32 Å². The Balaban J connectivity index is 1.23. The third-order valence-electron chi connectivity index (χ3n) is 6.28. The fourth-order valence-corrected chi connectivity index (χ4v) is 5.35. The normalized spacial score (nSPS) is 19.1. The van der Waals surface area contributed by atoms with Crippen molar-refractivity contribution in [1.82, 2.24) is 9.88 Å². The second kappa shape index (κ2) is 9.47. The molecule has 3 aromatic rings. The number of rotatable bonds is 5. The molecule has 1 aliphatic carbocycles. The van der Waals surface area contributed by atoms with Crippen LogP contribution >= 0.6 is 11.3 Å². The lowest BCUT2D eigenvalue weighted by Gasteiger charge is -2.36. The van der Waals surface area contributed by atoms with E-state index >= 15 is 0 Å². The number of anilines is 1. The van der Waals surface area contributed by atoms with Crippen molar-refractivity contribution in [3.63, 3.8) is 0 Å². The number of morpholine rings is 1. The highest BCUT2D eigenvalue weighted by atomic mass is 32.1. The summed E-state index contributed by atoms with van der Waals surface area (Å²) in [7, 11) is 0. The summed E-state index contributed by atoms with van der Waals surface area (Å²) in [5.74, 6) is -1.74. The highest BCUT2D eigenvalue weighted by Crippen LogP contribution is 2.44. The molecular formula is C25H23N3O6S. The van der Waals surface area contributed by atoms with Gasteiger partial charge in [0.05, 0.1) is 12.7 Å². The molecule has 1 aromatic heterocycles. The van der Waals surface area contributed by atoms with Crippen LogP contribution in [0, 0.1) is 0 Å². The number of fused-ring (bicyclic) bond motifs is 3. The summed E-state index contributed by atoms with van der Waals surface area (Å²) < 4.78 is 10.9. The monoisotopic (exact) mass is 493 g/mol. The minimum absolute atomic E-state index is 0.0595. The largest absolute Gasteiger partial charge is 0.480 e. The molecule has 180 valence electrons. The topological polar surface area (TPSA) is 118 Å². The third kappa shape index (κ3) is 4.38. The van der Waals surface area contributed by atoms with E-state index in [0.29, 0.717) is 0 Å². The van der Waals surface area contributed by atoms with Gasteiger partial charge in [0, 0.05) is 17.8 Å². The zero-order valence-electron chi connectivity index (χ0n) is 18.8. The van der Waals surface area contributed by atoms with Crippen molar-refractivity contribution in [2.45, 2.75) is 25.0 Å². The smallest absolute Gasteiger partial charge is 0.413 e. The minimum Gasteiger partial charge on any atom is -0.480 e. The van der Waals surface area contributed by atoms with Gasteiger partial charge >= 0.3 is 12.1 Å². The highest BCUT2D eigenvalue weighted by molar-refractivity contribution is 7.14. The number of nitrogens with zero attached hydrogens (tertiary/aromatic N) is 2. The molecule has 2 atom stereocenters. The van der Waals surface area contributed by atoms with Crippen LogP contribution in [0.3, 0.4) is 0 Å². The van der Waals surface area contributed by atoms with Gasteiger partial charge in [-0.1, -0.05) is 48.5 Å². The summed E-state index contributed by atoms with van der Waals surface area (Å²) >= 11 is 1.07. The Morgan fingerprint density at radius 1 is 1.14 bits per heavy atom. The number of carboxylic acid groups (broad SMARTS) is 1. The van der Waals surface area contributed by atoms with Crippen molar-refractivity contribution < 1.29 is 29.0 Å². The Morgan fingerprint density at radius 3 is 2.46 bits per heavy atom. The molecule has 35 heavy (non-hydrogen) atoms. The first-order valence-electron chi connectivity index (χ1n) is 11.2. The maximum absolute atomic E-state index is 12.9. The van der Waals surface area contributed by atoms with E-state index in [1.807, 2.05) is 36.4 Å². The Hall–Kier alpha value is -3.76. The van der Waals surface area contributed by atoms with Crippen molar-refractivity contribution in [2.24, 2.45) is 0 Å². The molecule has 2 amide bonds. The molecule has 2 aliphatic rings. The van der Waals surface area contributed by atoms with Crippen molar-refractivity contribution >= 4 is 34.4 Å². The number of hydrogen-bond acceptors (Lipinski definition) is 7. The number of thiazole rings is 1. The van der Waals surface area contributed by atoms with E-state index in [4.69, 9.17) is 9.47 Å². The minimum atomic E-state index is -1.14. The molecule has 2 aromatic carbocycles. The molecule has 1 fully saturated rings. The number of carboxylic acids is 1. The predicted molar refractivity (Wildman–Crippen MR) is 129 cm³/mol. The number of aromatic nitrogens is 1. The summed E-state index contributed by atoms with van der Waals surface area (Å²) in [4.78, 5) is 42.4. The lowest BCUT2D eigenvalue weighted by Crippen LogP contribution is -2.56. The highest BCUT2D eigenvalue weighted by Gasteiger charge is 2.39. The van der Waals surface area contributed by atoms with E-state index in [1.165, 1.54) is 10.3 Å². The van der Waals surface area contributed by atoms with E-state index in [0.717, 1.165) is 33.6 Å². The molecule has 0 bridgehead atoms. The zero-order valence-corrected chi connectivity index (χ0v) is 19.7. The predicted octanol–water partition coefficient (Wildman–Crippen LogP) is 3.82. The first kappa shape index (κ1) is 23.0. The second-order valence-corrected chi connectivity index (χ2v) is 9.20. The lowest BCUT2D eigenvalue weighted by atomic mass is 9.98. The summed E-state index contributed by atoms with van der Waals surface area (Å²) in [6.07, 6.45) is -1.31. The fraction of sp³-hybridized carbons (Fsp3) is 0.280. The number of aliphatic carboxylic acids is 1. The van der Waals surface area contributed by atoms with Crippen molar-refractivity contribution in [3.8, 4) is 11.1 Å². The van der Waals surface area contributed by atoms with Crippen molar-refractivity contribution in [1.29, 1.82) is 0 Å².